The third-order valence-corrected chi connectivity index (χ3v) is 3.58. The highest BCUT2D eigenvalue weighted by molar-refractivity contribution is 8.00. The molecular weight excluding hydrogens is 220 g/mol. The Morgan fingerprint density at radius 2 is 1.88 bits per heavy atom. The van der Waals surface area contributed by atoms with Crippen molar-refractivity contribution in [3.63, 3.8) is 0 Å². The van der Waals surface area contributed by atoms with E-state index >= 15 is 0 Å². The summed E-state index contributed by atoms with van der Waals surface area (Å²) in [6, 6.07) is 7.96. The monoisotopic (exact) mass is 238 g/mol. The minimum atomic E-state index is -0.0515. The molecule has 16 heavy (non-hydrogen) atoms. The van der Waals surface area contributed by atoms with Crippen LogP contribution in [0, 0.1) is 0 Å². The number of amides is 1. The lowest BCUT2D eigenvalue weighted by molar-refractivity contribution is -0.114. The summed E-state index contributed by atoms with van der Waals surface area (Å²) in [6.07, 6.45) is 0. The van der Waals surface area contributed by atoms with Crippen LogP contribution in [0.15, 0.2) is 29.2 Å². The molecule has 0 saturated heterocycles. The van der Waals surface area contributed by atoms with Gasteiger partial charge in [-0.05, 0) is 31.2 Å². The second kappa shape index (κ2) is 5.92. The van der Waals surface area contributed by atoms with E-state index in [9.17, 15) is 4.79 Å². The summed E-state index contributed by atoms with van der Waals surface area (Å²) in [5.74, 6) is -0.0515. The van der Waals surface area contributed by atoms with Gasteiger partial charge >= 0.3 is 0 Å². The van der Waals surface area contributed by atoms with Gasteiger partial charge in [-0.3, -0.25) is 4.79 Å². The molecule has 0 aromatic heterocycles. The third-order valence-electron chi connectivity index (χ3n) is 2.24. The Balaban J connectivity index is 2.61. The number of nitrogens with one attached hydrogen (secondary N) is 1. The molecule has 0 heterocycles. The molecule has 4 heteroatoms. The molecular formula is C12H18N2OS. The van der Waals surface area contributed by atoms with Crippen molar-refractivity contribution in [2.45, 2.75) is 37.0 Å². The zero-order valence-corrected chi connectivity index (χ0v) is 10.7. The van der Waals surface area contributed by atoms with Gasteiger partial charge in [-0.1, -0.05) is 6.92 Å². The van der Waals surface area contributed by atoms with Gasteiger partial charge in [-0.15, -0.1) is 11.8 Å². The van der Waals surface area contributed by atoms with Crippen LogP contribution < -0.4 is 11.1 Å². The molecule has 0 aliphatic heterocycles. The van der Waals surface area contributed by atoms with Crippen molar-refractivity contribution >= 4 is 23.4 Å². The lowest BCUT2D eigenvalue weighted by Gasteiger charge is -2.15. The molecule has 0 aliphatic carbocycles. The minimum Gasteiger partial charge on any atom is -0.327 e. The van der Waals surface area contributed by atoms with Gasteiger partial charge in [0.1, 0.15) is 0 Å². The number of hydrogen-bond acceptors (Lipinski definition) is 3. The zero-order valence-electron chi connectivity index (χ0n) is 9.86. The van der Waals surface area contributed by atoms with E-state index in [1.165, 1.54) is 11.8 Å². The molecule has 0 saturated carbocycles. The number of carbonyl (C=O) groups excluding carboxylic acids is 1. The molecule has 1 aromatic carbocycles. The van der Waals surface area contributed by atoms with Gasteiger partial charge in [0.2, 0.25) is 5.91 Å². The van der Waals surface area contributed by atoms with Gasteiger partial charge < -0.3 is 11.1 Å². The fourth-order valence-corrected chi connectivity index (χ4v) is 2.08. The maximum absolute atomic E-state index is 10.8. The molecule has 0 radical (unpaired) electrons. The number of carbonyl (C=O) groups is 1. The van der Waals surface area contributed by atoms with Crippen LogP contribution in [0.4, 0.5) is 5.69 Å². The number of anilines is 1. The van der Waals surface area contributed by atoms with Crippen molar-refractivity contribution in [1.82, 2.24) is 0 Å². The first-order valence-electron chi connectivity index (χ1n) is 5.29. The van der Waals surface area contributed by atoms with Crippen molar-refractivity contribution in [2.75, 3.05) is 5.32 Å². The van der Waals surface area contributed by atoms with Crippen LogP contribution >= 0.6 is 11.8 Å². The highest BCUT2D eigenvalue weighted by Gasteiger charge is 2.08. The van der Waals surface area contributed by atoms with Crippen LogP contribution in [0.3, 0.4) is 0 Å². The fraction of sp³-hybridized carbons (Fsp3) is 0.417. The molecule has 1 amide bonds. The van der Waals surface area contributed by atoms with Gasteiger partial charge in [0.05, 0.1) is 0 Å². The predicted molar refractivity (Wildman–Crippen MR) is 69.7 cm³/mol. The predicted octanol–water partition coefficient (Wildman–Crippen LogP) is 2.47. The third kappa shape index (κ3) is 4.24. The van der Waals surface area contributed by atoms with Crippen LogP contribution in [0.5, 0.6) is 0 Å². The van der Waals surface area contributed by atoms with E-state index in [0.29, 0.717) is 5.25 Å². The van der Waals surface area contributed by atoms with E-state index in [1.807, 2.05) is 31.2 Å². The van der Waals surface area contributed by atoms with E-state index in [0.717, 1.165) is 5.69 Å². The number of benzene rings is 1. The van der Waals surface area contributed by atoms with Crippen LogP contribution in [0.2, 0.25) is 0 Å². The van der Waals surface area contributed by atoms with E-state index < -0.39 is 0 Å². The van der Waals surface area contributed by atoms with E-state index in [1.54, 1.807) is 11.8 Å². The number of nitrogens with two attached hydrogens (primary N) is 1. The smallest absolute Gasteiger partial charge is 0.221 e. The van der Waals surface area contributed by atoms with E-state index in [2.05, 4.69) is 12.2 Å². The highest BCUT2D eigenvalue weighted by atomic mass is 32.2. The lowest BCUT2D eigenvalue weighted by Crippen LogP contribution is -2.26. The van der Waals surface area contributed by atoms with Gasteiger partial charge in [0.15, 0.2) is 0 Å². The first kappa shape index (κ1) is 13.1. The second-order valence-electron chi connectivity index (χ2n) is 3.89. The first-order valence-corrected chi connectivity index (χ1v) is 6.17. The summed E-state index contributed by atoms with van der Waals surface area (Å²) in [5, 5.41) is 3.12. The summed E-state index contributed by atoms with van der Waals surface area (Å²) < 4.78 is 0. The summed E-state index contributed by atoms with van der Waals surface area (Å²) in [4.78, 5) is 12.0. The van der Waals surface area contributed by atoms with Crippen molar-refractivity contribution in [2.24, 2.45) is 5.73 Å². The van der Waals surface area contributed by atoms with Gasteiger partial charge in [0.25, 0.3) is 0 Å². The molecule has 3 nitrogen and oxygen atoms in total. The molecule has 2 unspecified atom stereocenters. The molecule has 1 rings (SSSR count). The van der Waals surface area contributed by atoms with Gasteiger partial charge in [0, 0.05) is 28.8 Å². The average molecular weight is 238 g/mol. The zero-order chi connectivity index (χ0) is 12.1. The van der Waals surface area contributed by atoms with Crippen molar-refractivity contribution in [3.05, 3.63) is 24.3 Å². The van der Waals surface area contributed by atoms with Crippen LogP contribution in [0.1, 0.15) is 20.8 Å². The van der Waals surface area contributed by atoms with Gasteiger partial charge in [-0.2, -0.15) is 0 Å². The van der Waals surface area contributed by atoms with Gasteiger partial charge in [-0.25, -0.2) is 0 Å². The van der Waals surface area contributed by atoms with Crippen LogP contribution in [-0.4, -0.2) is 17.2 Å². The molecule has 0 fully saturated rings. The van der Waals surface area contributed by atoms with Crippen molar-refractivity contribution in [1.29, 1.82) is 0 Å². The highest BCUT2D eigenvalue weighted by Crippen LogP contribution is 2.25. The fourth-order valence-electron chi connectivity index (χ4n) is 1.14. The molecule has 2 atom stereocenters. The van der Waals surface area contributed by atoms with Crippen LogP contribution in [-0.2, 0) is 4.79 Å². The number of rotatable bonds is 4. The standard InChI is InChI=1S/C12H18N2OS/c1-8(13)9(2)16-12-6-4-11(5-7-12)14-10(3)15/h4-9H,13H2,1-3H3,(H,14,15). The van der Waals surface area contributed by atoms with Crippen molar-refractivity contribution in [3.8, 4) is 0 Å². The van der Waals surface area contributed by atoms with Crippen molar-refractivity contribution < 1.29 is 4.79 Å². The quantitative estimate of drug-likeness (QED) is 0.792. The Hall–Kier alpha value is -1.00. The number of hydrogen-bond donors (Lipinski definition) is 2. The first-order chi connectivity index (χ1) is 7.49. The summed E-state index contributed by atoms with van der Waals surface area (Å²) in [5.41, 5.74) is 6.63. The second-order valence-corrected chi connectivity index (χ2v) is 5.34. The maximum atomic E-state index is 10.8. The molecule has 88 valence electrons. The minimum absolute atomic E-state index is 0.0515. The lowest BCUT2D eigenvalue weighted by atomic mass is 10.3. The Kier molecular flexibility index (Phi) is 4.83. The summed E-state index contributed by atoms with van der Waals surface area (Å²) in [7, 11) is 0. The number of thioether (sulfide) groups is 1. The SMILES string of the molecule is CC(=O)Nc1ccc(SC(C)C(C)N)cc1. The summed E-state index contributed by atoms with van der Waals surface area (Å²) >= 11 is 1.74. The Bertz CT molecular complexity index is 349. The molecule has 1 aromatic rings. The molecule has 3 N–H and O–H groups in total. The summed E-state index contributed by atoms with van der Waals surface area (Å²) in [6.45, 7) is 5.61. The van der Waals surface area contributed by atoms with E-state index in [-0.39, 0.29) is 11.9 Å². The topological polar surface area (TPSA) is 55.1 Å². The molecule has 0 spiro atoms. The molecule has 0 aliphatic rings. The molecule has 0 bridgehead atoms. The average Bonchev–Trinajstić information content (AvgIpc) is 2.20. The Morgan fingerprint density at radius 3 is 2.31 bits per heavy atom. The Labute approximate surface area is 101 Å². The maximum Gasteiger partial charge on any atom is 0.221 e. The van der Waals surface area contributed by atoms with E-state index in [4.69, 9.17) is 5.73 Å². The Morgan fingerprint density at radius 1 is 1.31 bits per heavy atom. The normalized spacial score (nSPS) is 14.2. The van der Waals surface area contributed by atoms with Crippen LogP contribution in [0.25, 0.3) is 0 Å². The largest absolute Gasteiger partial charge is 0.327 e.